The highest BCUT2D eigenvalue weighted by Crippen LogP contribution is 2.28. The largest absolute Gasteiger partial charge is 0.339 e. The quantitative estimate of drug-likeness (QED) is 0.555. The number of piperidine rings is 1. The molecule has 0 bridgehead atoms. The van der Waals surface area contributed by atoms with Crippen LogP contribution in [0.15, 0.2) is 58.3 Å². The Morgan fingerprint density at radius 1 is 1.11 bits per heavy atom. The summed E-state index contributed by atoms with van der Waals surface area (Å²) in [5.74, 6) is 0.365. The molecule has 1 aliphatic heterocycles. The standard InChI is InChI=1S/C20H22FNO3S2/c1-2-26-19-6-4-3-5-18(19)20(23)22-13-11-17(12-14-22)27(24,25)16-9-7-15(21)8-10-16/h3-10,17H,2,11-14H2,1H3. The Balaban J connectivity index is 1.70. The van der Waals surface area contributed by atoms with Crippen molar-refractivity contribution < 1.29 is 17.6 Å². The molecule has 0 N–H and O–H groups in total. The second-order valence-electron chi connectivity index (χ2n) is 6.42. The van der Waals surface area contributed by atoms with Gasteiger partial charge in [0, 0.05) is 18.0 Å². The Labute approximate surface area is 163 Å². The van der Waals surface area contributed by atoms with Crippen LogP contribution >= 0.6 is 11.8 Å². The molecule has 27 heavy (non-hydrogen) atoms. The molecule has 144 valence electrons. The number of benzene rings is 2. The maximum absolute atomic E-state index is 13.1. The minimum absolute atomic E-state index is 0.0517. The molecule has 2 aromatic rings. The van der Waals surface area contributed by atoms with Crippen LogP contribution in [0.2, 0.25) is 0 Å². The van der Waals surface area contributed by atoms with E-state index in [9.17, 15) is 17.6 Å². The molecule has 1 heterocycles. The van der Waals surface area contributed by atoms with E-state index in [0.29, 0.717) is 31.5 Å². The number of amides is 1. The number of hydrogen-bond donors (Lipinski definition) is 0. The van der Waals surface area contributed by atoms with Crippen molar-refractivity contribution in [2.45, 2.75) is 34.8 Å². The maximum atomic E-state index is 13.1. The Morgan fingerprint density at radius 3 is 2.37 bits per heavy atom. The molecule has 1 aliphatic rings. The fraction of sp³-hybridized carbons (Fsp3) is 0.350. The highest BCUT2D eigenvalue weighted by molar-refractivity contribution is 7.99. The van der Waals surface area contributed by atoms with Gasteiger partial charge in [0.1, 0.15) is 5.82 Å². The van der Waals surface area contributed by atoms with Gasteiger partial charge in [0.05, 0.1) is 15.7 Å². The van der Waals surface area contributed by atoms with Crippen LogP contribution < -0.4 is 0 Å². The first-order valence-electron chi connectivity index (χ1n) is 8.94. The molecule has 0 saturated carbocycles. The maximum Gasteiger partial charge on any atom is 0.254 e. The van der Waals surface area contributed by atoms with Gasteiger partial charge in [-0.25, -0.2) is 12.8 Å². The van der Waals surface area contributed by atoms with Crippen LogP contribution in [-0.2, 0) is 9.84 Å². The van der Waals surface area contributed by atoms with Crippen LogP contribution in [0.4, 0.5) is 4.39 Å². The first kappa shape index (κ1) is 19.9. The minimum Gasteiger partial charge on any atom is -0.339 e. The molecule has 1 amide bonds. The number of hydrogen-bond acceptors (Lipinski definition) is 4. The van der Waals surface area contributed by atoms with E-state index in [2.05, 4.69) is 0 Å². The monoisotopic (exact) mass is 407 g/mol. The van der Waals surface area contributed by atoms with Crippen molar-refractivity contribution in [2.75, 3.05) is 18.8 Å². The summed E-state index contributed by atoms with van der Waals surface area (Å²) in [5.41, 5.74) is 0.671. The summed E-state index contributed by atoms with van der Waals surface area (Å²) in [5, 5.41) is -0.549. The number of rotatable bonds is 5. The Bertz CT molecular complexity index is 905. The first-order chi connectivity index (χ1) is 12.9. The van der Waals surface area contributed by atoms with Gasteiger partial charge in [-0.1, -0.05) is 19.1 Å². The molecule has 0 aliphatic carbocycles. The lowest BCUT2D eigenvalue weighted by Crippen LogP contribution is -2.42. The van der Waals surface area contributed by atoms with Crippen LogP contribution in [0.25, 0.3) is 0 Å². The number of thioether (sulfide) groups is 1. The fourth-order valence-electron chi connectivity index (χ4n) is 3.28. The van der Waals surface area contributed by atoms with Gasteiger partial charge in [-0.15, -0.1) is 11.8 Å². The molecule has 0 aromatic heterocycles. The molecule has 7 heteroatoms. The molecule has 0 radical (unpaired) electrons. The van der Waals surface area contributed by atoms with Gasteiger partial charge in [-0.2, -0.15) is 0 Å². The van der Waals surface area contributed by atoms with E-state index in [1.54, 1.807) is 16.7 Å². The zero-order valence-electron chi connectivity index (χ0n) is 15.1. The molecular formula is C20H22FNO3S2. The van der Waals surface area contributed by atoms with Gasteiger partial charge in [0.15, 0.2) is 9.84 Å². The van der Waals surface area contributed by atoms with E-state index in [-0.39, 0.29) is 10.8 Å². The zero-order valence-corrected chi connectivity index (χ0v) is 16.7. The minimum atomic E-state index is -3.52. The van der Waals surface area contributed by atoms with Gasteiger partial charge in [0.2, 0.25) is 0 Å². The van der Waals surface area contributed by atoms with E-state index in [1.807, 2.05) is 31.2 Å². The third-order valence-corrected chi connectivity index (χ3v) is 7.96. The van der Waals surface area contributed by atoms with Crippen LogP contribution in [-0.4, -0.2) is 43.3 Å². The predicted molar refractivity (Wildman–Crippen MR) is 105 cm³/mol. The number of likely N-dealkylation sites (tertiary alicyclic amines) is 1. The lowest BCUT2D eigenvalue weighted by molar-refractivity contribution is 0.0722. The van der Waals surface area contributed by atoms with Gasteiger partial charge in [-0.3, -0.25) is 4.79 Å². The van der Waals surface area contributed by atoms with Crippen molar-refractivity contribution in [2.24, 2.45) is 0 Å². The number of nitrogens with zero attached hydrogens (tertiary/aromatic N) is 1. The fourth-order valence-corrected chi connectivity index (χ4v) is 5.81. The smallest absolute Gasteiger partial charge is 0.254 e. The molecule has 1 saturated heterocycles. The van der Waals surface area contributed by atoms with Gasteiger partial charge in [-0.05, 0) is 55.0 Å². The topological polar surface area (TPSA) is 54.5 Å². The van der Waals surface area contributed by atoms with Crippen LogP contribution in [0.1, 0.15) is 30.1 Å². The summed E-state index contributed by atoms with van der Waals surface area (Å²) in [6, 6.07) is 12.5. The lowest BCUT2D eigenvalue weighted by atomic mass is 10.1. The van der Waals surface area contributed by atoms with E-state index in [4.69, 9.17) is 0 Å². The Kier molecular flexibility index (Phi) is 6.22. The summed E-state index contributed by atoms with van der Waals surface area (Å²) in [4.78, 5) is 15.7. The third-order valence-electron chi connectivity index (χ3n) is 4.73. The van der Waals surface area contributed by atoms with E-state index < -0.39 is 20.9 Å². The van der Waals surface area contributed by atoms with Crippen molar-refractivity contribution in [1.82, 2.24) is 4.90 Å². The highest BCUT2D eigenvalue weighted by atomic mass is 32.2. The Morgan fingerprint density at radius 2 is 1.74 bits per heavy atom. The van der Waals surface area contributed by atoms with Crippen LogP contribution in [0.3, 0.4) is 0 Å². The van der Waals surface area contributed by atoms with Gasteiger partial charge >= 0.3 is 0 Å². The second kappa shape index (κ2) is 8.44. The summed E-state index contributed by atoms with van der Waals surface area (Å²) in [6.45, 7) is 2.84. The van der Waals surface area contributed by atoms with Crippen molar-refractivity contribution >= 4 is 27.5 Å². The van der Waals surface area contributed by atoms with Crippen LogP contribution in [0.5, 0.6) is 0 Å². The summed E-state index contributed by atoms with van der Waals surface area (Å²) >= 11 is 1.62. The molecule has 0 unspecified atom stereocenters. The molecule has 0 atom stereocenters. The highest BCUT2D eigenvalue weighted by Gasteiger charge is 2.33. The number of sulfone groups is 1. The van der Waals surface area contributed by atoms with Crippen molar-refractivity contribution in [3.63, 3.8) is 0 Å². The molecule has 1 fully saturated rings. The molecule has 2 aromatic carbocycles. The van der Waals surface area contributed by atoms with Crippen LogP contribution in [0, 0.1) is 5.82 Å². The first-order valence-corrected chi connectivity index (χ1v) is 11.5. The Hall–Kier alpha value is -1.86. The predicted octanol–water partition coefficient (Wildman–Crippen LogP) is 4.02. The average Bonchev–Trinajstić information content (AvgIpc) is 2.68. The summed E-state index contributed by atoms with van der Waals surface area (Å²) in [6.07, 6.45) is 0.767. The van der Waals surface area contributed by atoms with E-state index in [0.717, 1.165) is 22.8 Å². The van der Waals surface area contributed by atoms with Crippen molar-refractivity contribution in [3.05, 3.63) is 59.9 Å². The van der Waals surface area contributed by atoms with Gasteiger partial charge in [0.25, 0.3) is 5.91 Å². The van der Waals surface area contributed by atoms with Crippen molar-refractivity contribution in [1.29, 1.82) is 0 Å². The number of carbonyl (C=O) groups excluding carboxylic acids is 1. The molecular weight excluding hydrogens is 385 g/mol. The van der Waals surface area contributed by atoms with E-state index in [1.165, 1.54) is 12.1 Å². The molecule has 3 rings (SSSR count). The zero-order chi connectivity index (χ0) is 19.4. The second-order valence-corrected chi connectivity index (χ2v) is 9.95. The SMILES string of the molecule is CCSc1ccccc1C(=O)N1CCC(S(=O)(=O)c2ccc(F)cc2)CC1. The molecule has 4 nitrogen and oxygen atoms in total. The van der Waals surface area contributed by atoms with Crippen molar-refractivity contribution in [3.8, 4) is 0 Å². The van der Waals surface area contributed by atoms with E-state index >= 15 is 0 Å². The summed E-state index contributed by atoms with van der Waals surface area (Å²) < 4.78 is 38.6. The normalized spacial score (nSPS) is 15.7. The average molecular weight is 408 g/mol. The van der Waals surface area contributed by atoms with Gasteiger partial charge < -0.3 is 4.90 Å². The number of halogens is 1. The number of carbonyl (C=O) groups is 1. The lowest BCUT2D eigenvalue weighted by Gasteiger charge is -2.32. The third kappa shape index (κ3) is 4.35. The molecule has 0 spiro atoms. The summed E-state index contributed by atoms with van der Waals surface area (Å²) in [7, 11) is -3.52.